The molecule has 0 unspecified atom stereocenters. The van der Waals surface area contributed by atoms with Gasteiger partial charge in [0.15, 0.2) is 0 Å². The smallest absolute Gasteiger partial charge is 0.225 e. The average molecular weight is 358 g/mol. The SMILES string of the molecule is O=C(CC1CCN(Cc2ccnc(N3CCCC3)n2)CC1)NCC1CC1. The lowest BCUT2D eigenvalue weighted by Gasteiger charge is -2.31. The highest BCUT2D eigenvalue weighted by Crippen LogP contribution is 2.28. The molecule has 3 fully saturated rings. The first-order valence-corrected chi connectivity index (χ1v) is 10.3. The van der Waals surface area contributed by atoms with Crippen molar-refractivity contribution in [3.8, 4) is 0 Å². The lowest BCUT2D eigenvalue weighted by molar-refractivity contribution is -0.122. The van der Waals surface area contributed by atoms with Gasteiger partial charge in [-0.15, -0.1) is 0 Å². The second-order valence-electron chi connectivity index (χ2n) is 8.21. The third-order valence-electron chi connectivity index (χ3n) is 5.94. The molecule has 26 heavy (non-hydrogen) atoms. The van der Waals surface area contributed by atoms with Gasteiger partial charge in [-0.05, 0) is 69.5 Å². The van der Waals surface area contributed by atoms with E-state index in [1.165, 1.54) is 25.7 Å². The van der Waals surface area contributed by atoms with E-state index < -0.39 is 0 Å². The van der Waals surface area contributed by atoms with Crippen molar-refractivity contribution in [2.45, 2.75) is 51.5 Å². The maximum atomic E-state index is 12.0. The Morgan fingerprint density at radius 3 is 2.58 bits per heavy atom. The van der Waals surface area contributed by atoms with Gasteiger partial charge in [-0.3, -0.25) is 9.69 Å². The van der Waals surface area contributed by atoms with Crippen molar-refractivity contribution >= 4 is 11.9 Å². The molecule has 0 atom stereocenters. The number of hydrogen-bond donors (Lipinski definition) is 1. The van der Waals surface area contributed by atoms with Gasteiger partial charge in [0.2, 0.25) is 11.9 Å². The van der Waals surface area contributed by atoms with Crippen molar-refractivity contribution < 1.29 is 4.79 Å². The Kier molecular flexibility index (Phi) is 5.68. The molecular formula is C20H31N5O. The molecule has 0 aromatic carbocycles. The lowest BCUT2D eigenvalue weighted by Crippen LogP contribution is -2.36. The first kappa shape index (κ1) is 17.7. The molecule has 1 aromatic heterocycles. The van der Waals surface area contributed by atoms with Gasteiger partial charge in [0, 0.05) is 38.8 Å². The van der Waals surface area contributed by atoms with Gasteiger partial charge >= 0.3 is 0 Å². The summed E-state index contributed by atoms with van der Waals surface area (Å²) in [6.07, 6.45) is 9.90. The minimum atomic E-state index is 0.251. The van der Waals surface area contributed by atoms with E-state index in [-0.39, 0.29) is 5.91 Å². The number of anilines is 1. The van der Waals surface area contributed by atoms with Crippen LogP contribution in [0.4, 0.5) is 5.95 Å². The summed E-state index contributed by atoms with van der Waals surface area (Å²) in [6.45, 7) is 6.07. The van der Waals surface area contributed by atoms with E-state index in [1.807, 2.05) is 12.3 Å². The summed E-state index contributed by atoms with van der Waals surface area (Å²) >= 11 is 0. The van der Waals surface area contributed by atoms with E-state index in [9.17, 15) is 4.79 Å². The minimum absolute atomic E-state index is 0.251. The summed E-state index contributed by atoms with van der Waals surface area (Å²) in [7, 11) is 0. The fraction of sp³-hybridized carbons (Fsp3) is 0.750. The molecule has 6 heteroatoms. The van der Waals surface area contributed by atoms with Crippen LogP contribution in [0.25, 0.3) is 0 Å². The number of rotatable bonds is 7. The fourth-order valence-corrected chi connectivity index (χ4v) is 4.03. The molecule has 1 aromatic rings. The first-order chi connectivity index (χ1) is 12.8. The molecule has 1 amide bonds. The van der Waals surface area contributed by atoms with Crippen molar-refractivity contribution in [2.75, 3.05) is 37.6 Å². The Labute approximate surface area is 156 Å². The molecule has 6 nitrogen and oxygen atoms in total. The quantitative estimate of drug-likeness (QED) is 0.811. The zero-order valence-electron chi connectivity index (χ0n) is 15.7. The van der Waals surface area contributed by atoms with Crippen LogP contribution < -0.4 is 10.2 Å². The Bertz CT molecular complexity index is 604. The number of hydrogen-bond acceptors (Lipinski definition) is 5. The van der Waals surface area contributed by atoms with Crippen LogP contribution in [0.15, 0.2) is 12.3 Å². The van der Waals surface area contributed by atoms with Crippen molar-refractivity contribution in [2.24, 2.45) is 11.8 Å². The van der Waals surface area contributed by atoms with E-state index in [0.29, 0.717) is 12.3 Å². The molecule has 4 rings (SSSR count). The molecule has 0 spiro atoms. The van der Waals surface area contributed by atoms with Gasteiger partial charge in [0.05, 0.1) is 5.69 Å². The predicted octanol–water partition coefficient (Wildman–Crippen LogP) is 2.21. The molecule has 2 aliphatic heterocycles. The summed E-state index contributed by atoms with van der Waals surface area (Å²) in [5.41, 5.74) is 1.11. The zero-order chi connectivity index (χ0) is 17.8. The van der Waals surface area contributed by atoms with Crippen LogP contribution in [0, 0.1) is 11.8 Å². The number of aromatic nitrogens is 2. The van der Waals surface area contributed by atoms with Crippen molar-refractivity contribution in [1.82, 2.24) is 20.2 Å². The topological polar surface area (TPSA) is 61.4 Å². The van der Waals surface area contributed by atoms with Crippen LogP contribution in [0.2, 0.25) is 0 Å². The van der Waals surface area contributed by atoms with Gasteiger partial charge < -0.3 is 10.2 Å². The molecule has 0 radical (unpaired) electrons. The second-order valence-corrected chi connectivity index (χ2v) is 8.21. The molecule has 1 saturated carbocycles. The van der Waals surface area contributed by atoms with Crippen LogP contribution in [-0.4, -0.2) is 53.5 Å². The number of carbonyl (C=O) groups excluding carboxylic acids is 1. The highest BCUT2D eigenvalue weighted by molar-refractivity contribution is 5.76. The fourth-order valence-electron chi connectivity index (χ4n) is 4.03. The zero-order valence-corrected chi connectivity index (χ0v) is 15.7. The van der Waals surface area contributed by atoms with E-state index in [1.54, 1.807) is 0 Å². The van der Waals surface area contributed by atoms with Gasteiger partial charge in [-0.25, -0.2) is 9.97 Å². The molecular weight excluding hydrogens is 326 g/mol. The van der Waals surface area contributed by atoms with Crippen molar-refractivity contribution in [3.05, 3.63) is 18.0 Å². The molecule has 1 N–H and O–H groups in total. The van der Waals surface area contributed by atoms with Crippen LogP contribution in [-0.2, 0) is 11.3 Å². The van der Waals surface area contributed by atoms with E-state index in [0.717, 1.165) is 69.7 Å². The summed E-state index contributed by atoms with van der Waals surface area (Å²) in [5, 5.41) is 3.10. The van der Waals surface area contributed by atoms with Crippen molar-refractivity contribution in [1.29, 1.82) is 0 Å². The van der Waals surface area contributed by atoms with E-state index in [2.05, 4.69) is 20.1 Å². The normalized spacial score (nSPS) is 21.9. The van der Waals surface area contributed by atoms with Crippen molar-refractivity contribution in [3.63, 3.8) is 0 Å². The van der Waals surface area contributed by atoms with Crippen LogP contribution >= 0.6 is 0 Å². The number of nitrogens with zero attached hydrogens (tertiary/aromatic N) is 4. The second kappa shape index (κ2) is 8.33. The third kappa shape index (κ3) is 4.93. The molecule has 3 aliphatic rings. The average Bonchev–Trinajstić information content (AvgIpc) is 3.33. The number of amides is 1. The summed E-state index contributed by atoms with van der Waals surface area (Å²) < 4.78 is 0. The standard InChI is InChI=1S/C20H31N5O/c26-19(22-14-17-3-4-17)13-16-6-11-24(12-7-16)15-18-5-8-21-20(23-18)25-9-1-2-10-25/h5,8,16-17H,1-4,6-7,9-15H2,(H,22,26). The molecule has 142 valence electrons. The molecule has 3 heterocycles. The highest BCUT2D eigenvalue weighted by atomic mass is 16.1. The first-order valence-electron chi connectivity index (χ1n) is 10.3. The van der Waals surface area contributed by atoms with E-state index >= 15 is 0 Å². The monoisotopic (exact) mass is 357 g/mol. The predicted molar refractivity (Wildman–Crippen MR) is 102 cm³/mol. The summed E-state index contributed by atoms with van der Waals surface area (Å²) in [6, 6.07) is 2.04. The summed E-state index contributed by atoms with van der Waals surface area (Å²) in [4.78, 5) is 26.0. The minimum Gasteiger partial charge on any atom is -0.356 e. The van der Waals surface area contributed by atoms with Gasteiger partial charge in [0.25, 0.3) is 0 Å². The number of likely N-dealkylation sites (tertiary alicyclic amines) is 1. The van der Waals surface area contributed by atoms with Crippen LogP contribution in [0.3, 0.4) is 0 Å². The number of carbonyl (C=O) groups is 1. The van der Waals surface area contributed by atoms with Gasteiger partial charge in [-0.2, -0.15) is 0 Å². The molecule has 1 aliphatic carbocycles. The number of nitrogens with one attached hydrogen (secondary N) is 1. The Morgan fingerprint density at radius 2 is 1.85 bits per heavy atom. The van der Waals surface area contributed by atoms with Crippen LogP contribution in [0.1, 0.15) is 50.6 Å². The molecule has 0 bridgehead atoms. The summed E-state index contributed by atoms with van der Waals surface area (Å²) in [5.74, 6) is 2.44. The lowest BCUT2D eigenvalue weighted by atomic mass is 9.93. The largest absolute Gasteiger partial charge is 0.356 e. The Balaban J connectivity index is 1.21. The van der Waals surface area contributed by atoms with E-state index in [4.69, 9.17) is 4.98 Å². The molecule has 2 saturated heterocycles. The highest BCUT2D eigenvalue weighted by Gasteiger charge is 2.24. The maximum Gasteiger partial charge on any atom is 0.225 e. The van der Waals surface area contributed by atoms with Crippen LogP contribution in [0.5, 0.6) is 0 Å². The van der Waals surface area contributed by atoms with Gasteiger partial charge in [-0.1, -0.05) is 0 Å². The van der Waals surface area contributed by atoms with Gasteiger partial charge in [0.1, 0.15) is 0 Å². The number of piperidine rings is 1. The Hall–Kier alpha value is -1.69. The third-order valence-corrected chi connectivity index (χ3v) is 5.94. The maximum absolute atomic E-state index is 12.0. The Morgan fingerprint density at radius 1 is 1.08 bits per heavy atom.